The van der Waals surface area contributed by atoms with E-state index < -0.39 is 5.41 Å². The van der Waals surface area contributed by atoms with Crippen LogP contribution in [0.1, 0.15) is 42.3 Å². The molecule has 2 rings (SSSR count). The predicted molar refractivity (Wildman–Crippen MR) is 90.4 cm³/mol. The fraction of sp³-hybridized carbons (Fsp3) is 0.300. The Kier molecular flexibility index (Phi) is 5.32. The molecule has 0 atom stereocenters. The first-order valence-electron chi connectivity index (χ1n) is 7.80. The molecule has 0 aliphatic rings. The van der Waals surface area contributed by atoms with Crippen LogP contribution in [0.15, 0.2) is 54.6 Å². The van der Waals surface area contributed by atoms with Crippen molar-refractivity contribution >= 4 is 11.8 Å². The van der Waals surface area contributed by atoms with Crippen molar-refractivity contribution in [3.05, 3.63) is 71.3 Å². The SMILES string of the molecule is CCOC(=O)C(C)(C)Cc1ccc(C(=O)c2ccccc2)cc1. The largest absolute Gasteiger partial charge is 0.466 e. The first kappa shape index (κ1) is 16.9. The fourth-order valence-corrected chi connectivity index (χ4v) is 2.44. The smallest absolute Gasteiger partial charge is 0.311 e. The molecule has 0 spiro atoms. The summed E-state index contributed by atoms with van der Waals surface area (Å²) in [7, 11) is 0. The first-order valence-corrected chi connectivity index (χ1v) is 7.80. The minimum Gasteiger partial charge on any atom is -0.466 e. The maximum atomic E-state index is 12.4. The molecule has 0 amide bonds. The number of rotatable bonds is 6. The Morgan fingerprint density at radius 2 is 1.48 bits per heavy atom. The third kappa shape index (κ3) is 4.28. The normalized spacial score (nSPS) is 11.1. The Balaban J connectivity index is 2.11. The molecule has 2 aromatic rings. The zero-order chi connectivity index (χ0) is 16.9. The number of hydrogen-bond donors (Lipinski definition) is 0. The fourth-order valence-electron chi connectivity index (χ4n) is 2.44. The standard InChI is InChI=1S/C20H22O3/c1-4-23-19(22)20(2,3)14-15-10-12-17(13-11-15)18(21)16-8-6-5-7-9-16/h5-13H,4,14H2,1-3H3. The molecule has 0 radical (unpaired) electrons. The molecule has 0 saturated heterocycles. The van der Waals surface area contributed by atoms with E-state index in [-0.39, 0.29) is 11.8 Å². The zero-order valence-electron chi connectivity index (χ0n) is 13.8. The van der Waals surface area contributed by atoms with E-state index in [0.717, 1.165) is 5.56 Å². The second kappa shape index (κ2) is 7.23. The van der Waals surface area contributed by atoms with Gasteiger partial charge in [-0.05, 0) is 32.8 Å². The van der Waals surface area contributed by atoms with Crippen LogP contribution in [0.2, 0.25) is 0 Å². The number of benzene rings is 2. The molecule has 0 fully saturated rings. The highest BCUT2D eigenvalue weighted by Crippen LogP contribution is 2.24. The Morgan fingerprint density at radius 1 is 0.913 bits per heavy atom. The number of hydrogen-bond acceptors (Lipinski definition) is 3. The Bertz CT molecular complexity index is 670. The van der Waals surface area contributed by atoms with Crippen molar-refractivity contribution in [3.8, 4) is 0 Å². The lowest BCUT2D eigenvalue weighted by Gasteiger charge is -2.22. The second-order valence-electron chi connectivity index (χ2n) is 6.17. The van der Waals surface area contributed by atoms with Gasteiger partial charge in [0.1, 0.15) is 0 Å². The minimum absolute atomic E-state index is 0.00167. The van der Waals surface area contributed by atoms with Gasteiger partial charge in [0.05, 0.1) is 12.0 Å². The average Bonchev–Trinajstić information content (AvgIpc) is 2.55. The maximum absolute atomic E-state index is 12.4. The molecule has 3 nitrogen and oxygen atoms in total. The van der Waals surface area contributed by atoms with Crippen LogP contribution in [0.5, 0.6) is 0 Å². The Morgan fingerprint density at radius 3 is 2.04 bits per heavy atom. The lowest BCUT2D eigenvalue weighted by Crippen LogP contribution is -2.29. The molecule has 0 bridgehead atoms. The summed E-state index contributed by atoms with van der Waals surface area (Å²) in [4.78, 5) is 24.3. The summed E-state index contributed by atoms with van der Waals surface area (Å²) in [6.45, 7) is 5.92. The number of ether oxygens (including phenoxy) is 1. The van der Waals surface area contributed by atoms with Crippen LogP contribution < -0.4 is 0 Å². The van der Waals surface area contributed by atoms with Crippen molar-refractivity contribution < 1.29 is 14.3 Å². The number of carbonyl (C=O) groups excluding carboxylic acids is 2. The molecule has 0 N–H and O–H groups in total. The van der Waals surface area contributed by atoms with E-state index in [2.05, 4.69) is 0 Å². The molecule has 0 heterocycles. The molecule has 0 aliphatic carbocycles. The zero-order valence-corrected chi connectivity index (χ0v) is 13.8. The molecular weight excluding hydrogens is 288 g/mol. The molecular formula is C20H22O3. The van der Waals surface area contributed by atoms with Gasteiger partial charge in [0.2, 0.25) is 0 Å². The van der Waals surface area contributed by atoms with Gasteiger partial charge in [-0.2, -0.15) is 0 Å². The third-order valence-corrected chi connectivity index (χ3v) is 3.73. The summed E-state index contributed by atoms with van der Waals surface area (Å²) < 4.78 is 5.11. The Labute approximate surface area is 137 Å². The highest BCUT2D eigenvalue weighted by atomic mass is 16.5. The Hall–Kier alpha value is -2.42. The topological polar surface area (TPSA) is 43.4 Å². The van der Waals surface area contributed by atoms with Crippen LogP contribution in [0.3, 0.4) is 0 Å². The summed E-state index contributed by atoms with van der Waals surface area (Å²) in [6.07, 6.45) is 0.575. The van der Waals surface area contributed by atoms with Gasteiger partial charge in [-0.3, -0.25) is 9.59 Å². The molecule has 0 aromatic heterocycles. The van der Waals surface area contributed by atoms with Gasteiger partial charge in [-0.1, -0.05) is 54.6 Å². The van der Waals surface area contributed by atoms with Gasteiger partial charge in [-0.15, -0.1) is 0 Å². The number of esters is 1. The lowest BCUT2D eigenvalue weighted by atomic mass is 9.85. The maximum Gasteiger partial charge on any atom is 0.311 e. The van der Waals surface area contributed by atoms with Crippen LogP contribution in [0, 0.1) is 5.41 Å². The van der Waals surface area contributed by atoms with Crippen molar-refractivity contribution in [2.45, 2.75) is 27.2 Å². The molecule has 0 aliphatic heterocycles. The predicted octanol–water partition coefficient (Wildman–Crippen LogP) is 4.05. The van der Waals surface area contributed by atoms with Crippen molar-refractivity contribution in [2.75, 3.05) is 6.61 Å². The van der Waals surface area contributed by atoms with Crippen molar-refractivity contribution in [1.82, 2.24) is 0 Å². The van der Waals surface area contributed by atoms with Crippen molar-refractivity contribution in [2.24, 2.45) is 5.41 Å². The monoisotopic (exact) mass is 310 g/mol. The molecule has 0 saturated carbocycles. The summed E-state index contributed by atoms with van der Waals surface area (Å²) in [5, 5.41) is 0. The van der Waals surface area contributed by atoms with E-state index in [9.17, 15) is 9.59 Å². The van der Waals surface area contributed by atoms with Crippen LogP contribution in [-0.2, 0) is 16.0 Å². The van der Waals surface area contributed by atoms with Crippen LogP contribution in [-0.4, -0.2) is 18.4 Å². The quantitative estimate of drug-likeness (QED) is 0.597. The highest BCUT2D eigenvalue weighted by Gasteiger charge is 2.29. The summed E-state index contributed by atoms with van der Waals surface area (Å²) in [6, 6.07) is 16.6. The van der Waals surface area contributed by atoms with Crippen molar-refractivity contribution in [1.29, 1.82) is 0 Å². The van der Waals surface area contributed by atoms with E-state index in [1.807, 2.05) is 56.3 Å². The highest BCUT2D eigenvalue weighted by molar-refractivity contribution is 6.08. The average molecular weight is 310 g/mol. The number of carbonyl (C=O) groups is 2. The molecule has 2 aromatic carbocycles. The molecule has 120 valence electrons. The van der Waals surface area contributed by atoms with Gasteiger partial charge in [0.15, 0.2) is 5.78 Å². The van der Waals surface area contributed by atoms with E-state index in [1.165, 1.54) is 0 Å². The van der Waals surface area contributed by atoms with Gasteiger partial charge in [0.25, 0.3) is 0 Å². The van der Waals surface area contributed by atoms with Gasteiger partial charge >= 0.3 is 5.97 Å². The summed E-state index contributed by atoms with van der Waals surface area (Å²) >= 11 is 0. The minimum atomic E-state index is -0.582. The molecule has 3 heteroatoms. The van der Waals surface area contributed by atoms with E-state index in [0.29, 0.717) is 24.2 Å². The lowest BCUT2D eigenvalue weighted by molar-refractivity contribution is -0.153. The van der Waals surface area contributed by atoms with Crippen molar-refractivity contribution in [3.63, 3.8) is 0 Å². The van der Waals surface area contributed by atoms with Gasteiger partial charge in [0, 0.05) is 11.1 Å². The van der Waals surface area contributed by atoms with Crippen LogP contribution in [0.25, 0.3) is 0 Å². The summed E-state index contributed by atoms with van der Waals surface area (Å²) in [5.41, 5.74) is 1.75. The summed E-state index contributed by atoms with van der Waals surface area (Å²) in [5.74, 6) is -0.203. The molecule has 0 unspecified atom stereocenters. The van der Waals surface area contributed by atoms with E-state index in [1.54, 1.807) is 19.1 Å². The number of ketones is 1. The van der Waals surface area contributed by atoms with Gasteiger partial charge < -0.3 is 4.74 Å². The second-order valence-corrected chi connectivity index (χ2v) is 6.17. The van der Waals surface area contributed by atoms with E-state index >= 15 is 0 Å². The van der Waals surface area contributed by atoms with E-state index in [4.69, 9.17) is 4.74 Å². The molecule has 23 heavy (non-hydrogen) atoms. The van der Waals surface area contributed by atoms with Crippen LogP contribution in [0.4, 0.5) is 0 Å². The van der Waals surface area contributed by atoms with Gasteiger partial charge in [-0.25, -0.2) is 0 Å². The van der Waals surface area contributed by atoms with Crippen LogP contribution >= 0.6 is 0 Å². The third-order valence-electron chi connectivity index (χ3n) is 3.73. The first-order chi connectivity index (χ1) is 10.9.